The van der Waals surface area contributed by atoms with Gasteiger partial charge in [-0.15, -0.1) is 0 Å². The average Bonchev–Trinajstić information content (AvgIpc) is 2.55. The number of allylic oxidation sites excluding steroid dienone is 5. The summed E-state index contributed by atoms with van der Waals surface area (Å²) in [6.45, 7) is 12.1. The van der Waals surface area contributed by atoms with Gasteiger partial charge in [0.2, 0.25) is 0 Å². The van der Waals surface area contributed by atoms with E-state index < -0.39 is 24.5 Å². The Morgan fingerprint density at radius 1 is 1.32 bits per heavy atom. The Kier molecular flexibility index (Phi) is 9.46. The van der Waals surface area contributed by atoms with Gasteiger partial charge in [-0.05, 0) is 50.1 Å². The first-order valence-electron chi connectivity index (χ1n) is 6.35. The van der Waals surface area contributed by atoms with Gasteiger partial charge >= 0.3 is 29.7 Å². The number of halogens is 2. The van der Waals surface area contributed by atoms with E-state index in [4.69, 9.17) is 0 Å². The summed E-state index contributed by atoms with van der Waals surface area (Å²) in [6, 6.07) is 0. The SMILES string of the molecule is CCNCC(O)=CC1=C(C)C(C)=C(C)C1C.[F][Zr][F]. The monoisotopic (exact) mass is 349 g/mol. The molecule has 108 valence electrons. The fraction of sp³-hybridized carbons (Fsp3) is 0.571. The molecule has 1 aliphatic carbocycles. The van der Waals surface area contributed by atoms with Crippen LogP contribution in [-0.4, -0.2) is 18.2 Å². The van der Waals surface area contributed by atoms with Gasteiger partial charge in [-0.2, -0.15) is 0 Å². The van der Waals surface area contributed by atoms with Crippen molar-refractivity contribution in [3.8, 4) is 0 Å². The van der Waals surface area contributed by atoms with Crippen molar-refractivity contribution in [1.82, 2.24) is 5.32 Å². The number of hydrogen-bond acceptors (Lipinski definition) is 2. The molecule has 0 saturated heterocycles. The molecule has 0 heterocycles. The summed E-state index contributed by atoms with van der Waals surface area (Å²) in [5, 5.41) is 12.9. The molecule has 19 heavy (non-hydrogen) atoms. The Morgan fingerprint density at radius 3 is 2.21 bits per heavy atom. The molecular weight excluding hydrogens is 327 g/mol. The number of likely N-dealkylation sites (N-methyl/N-ethyl adjacent to an activating group) is 1. The number of aliphatic hydroxyl groups excluding tert-OH is 1. The van der Waals surface area contributed by atoms with Crippen LogP contribution >= 0.6 is 0 Å². The minimum atomic E-state index is -2.77. The van der Waals surface area contributed by atoms with Crippen LogP contribution in [0.15, 0.2) is 34.1 Å². The summed E-state index contributed by atoms with van der Waals surface area (Å²) in [5.41, 5.74) is 5.36. The van der Waals surface area contributed by atoms with Crippen LogP contribution in [0.3, 0.4) is 0 Å². The molecule has 0 amide bonds. The Balaban J connectivity index is 0.000000982. The van der Waals surface area contributed by atoms with Crippen molar-refractivity contribution in [1.29, 1.82) is 0 Å². The maximum atomic E-state index is 9.80. The molecule has 0 aromatic rings. The van der Waals surface area contributed by atoms with Gasteiger partial charge in [0.25, 0.3) is 0 Å². The van der Waals surface area contributed by atoms with Crippen molar-refractivity contribution in [2.24, 2.45) is 5.92 Å². The Bertz CT molecular complexity index is 389. The molecule has 0 aromatic heterocycles. The van der Waals surface area contributed by atoms with Crippen molar-refractivity contribution in [2.75, 3.05) is 13.1 Å². The molecule has 0 fully saturated rings. The number of rotatable bonds is 4. The Hall–Kier alpha value is -0.277. The minimum absolute atomic E-state index is 0.422. The van der Waals surface area contributed by atoms with Gasteiger partial charge in [0.15, 0.2) is 0 Å². The van der Waals surface area contributed by atoms with E-state index in [-0.39, 0.29) is 0 Å². The molecule has 0 radical (unpaired) electrons. The number of aliphatic hydroxyl groups is 1. The zero-order valence-corrected chi connectivity index (χ0v) is 14.7. The number of hydrogen-bond donors (Lipinski definition) is 2. The molecular formula is C14H23F2NOZr. The van der Waals surface area contributed by atoms with E-state index in [0.717, 1.165) is 6.54 Å². The van der Waals surface area contributed by atoms with Crippen molar-refractivity contribution >= 4 is 0 Å². The molecule has 1 atom stereocenters. The van der Waals surface area contributed by atoms with Gasteiger partial charge in [0.1, 0.15) is 5.76 Å². The van der Waals surface area contributed by atoms with Crippen LogP contribution in [0.4, 0.5) is 5.25 Å². The van der Waals surface area contributed by atoms with Crippen LogP contribution in [0.1, 0.15) is 34.6 Å². The molecule has 0 bridgehead atoms. The first kappa shape index (κ1) is 18.7. The fourth-order valence-electron chi connectivity index (χ4n) is 2.11. The molecule has 0 saturated carbocycles. The Morgan fingerprint density at radius 2 is 1.84 bits per heavy atom. The first-order valence-corrected chi connectivity index (χ1v) is 8.21. The summed E-state index contributed by atoms with van der Waals surface area (Å²) < 4.78 is 19.6. The van der Waals surface area contributed by atoms with Gasteiger partial charge in [0, 0.05) is 5.92 Å². The second kappa shape index (κ2) is 9.60. The van der Waals surface area contributed by atoms with E-state index in [1.165, 1.54) is 22.3 Å². The summed E-state index contributed by atoms with van der Waals surface area (Å²) in [4.78, 5) is 0. The Labute approximate surface area is 128 Å². The normalized spacial score (nSPS) is 19.5. The summed E-state index contributed by atoms with van der Waals surface area (Å²) in [7, 11) is 0. The van der Waals surface area contributed by atoms with Gasteiger partial charge in [-0.3, -0.25) is 0 Å². The van der Waals surface area contributed by atoms with Crippen LogP contribution in [0.2, 0.25) is 0 Å². The van der Waals surface area contributed by atoms with Crippen molar-refractivity contribution in [3.63, 3.8) is 0 Å². The van der Waals surface area contributed by atoms with E-state index in [9.17, 15) is 10.4 Å². The fourth-order valence-corrected chi connectivity index (χ4v) is 2.11. The number of nitrogens with one attached hydrogen (secondary N) is 1. The third-order valence-corrected chi connectivity index (χ3v) is 3.58. The molecule has 1 rings (SSSR count). The zero-order chi connectivity index (χ0) is 15.0. The third-order valence-electron chi connectivity index (χ3n) is 3.58. The van der Waals surface area contributed by atoms with Crippen LogP contribution < -0.4 is 5.32 Å². The zero-order valence-electron chi connectivity index (χ0n) is 12.3. The van der Waals surface area contributed by atoms with Crippen LogP contribution in [0.25, 0.3) is 0 Å². The van der Waals surface area contributed by atoms with E-state index in [1.807, 2.05) is 13.0 Å². The van der Waals surface area contributed by atoms with Crippen molar-refractivity contribution in [2.45, 2.75) is 34.6 Å². The molecule has 0 aromatic carbocycles. The van der Waals surface area contributed by atoms with Gasteiger partial charge in [-0.1, -0.05) is 19.4 Å². The van der Waals surface area contributed by atoms with Gasteiger partial charge in [-0.25, -0.2) is 0 Å². The molecule has 2 nitrogen and oxygen atoms in total. The van der Waals surface area contributed by atoms with E-state index >= 15 is 0 Å². The molecule has 5 heteroatoms. The molecule has 0 spiro atoms. The molecule has 1 unspecified atom stereocenters. The summed E-state index contributed by atoms with van der Waals surface area (Å²) in [5.74, 6) is 0.856. The summed E-state index contributed by atoms with van der Waals surface area (Å²) >= 11 is -2.77. The second-order valence-electron chi connectivity index (χ2n) is 4.60. The second-order valence-corrected chi connectivity index (χ2v) is 4.95. The van der Waals surface area contributed by atoms with Crippen molar-refractivity contribution in [3.05, 3.63) is 34.1 Å². The predicted molar refractivity (Wildman–Crippen MR) is 71.7 cm³/mol. The summed E-state index contributed by atoms with van der Waals surface area (Å²) in [6.07, 6.45) is 1.92. The van der Waals surface area contributed by atoms with Crippen LogP contribution in [0.5, 0.6) is 0 Å². The average molecular weight is 351 g/mol. The van der Waals surface area contributed by atoms with Crippen LogP contribution in [0, 0.1) is 5.92 Å². The maximum absolute atomic E-state index is 9.80. The quantitative estimate of drug-likeness (QED) is 0.746. The predicted octanol–water partition coefficient (Wildman–Crippen LogP) is 4.18. The molecule has 0 aliphatic heterocycles. The third kappa shape index (κ3) is 5.70. The first-order chi connectivity index (χ1) is 8.90. The van der Waals surface area contributed by atoms with E-state index in [2.05, 4.69) is 33.0 Å². The van der Waals surface area contributed by atoms with Crippen molar-refractivity contribution < 1.29 is 34.8 Å². The van der Waals surface area contributed by atoms with Crippen LogP contribution in [-0.2, 0) is 24.5 Å². The van der Waals surface area contributed by atoms with E-state index in [1.54, 1.807) is 0 Å². The molecule has 2 N–H and O–H groups in total. The van der Waals surface area contributed by atoms with E-state index in [0.29, 0.717) is 18.2 Å². The topological polar surface area (TPSA) is 32.3 Å². The van der Waals surface area contributed by atoms with Gasteiger partial charge in [0.05, 0.1) is 6.54 Å². The standard InChI is InChI=1S/C14H23NO.2FH.Zr/c1-6-15-8-13(16)7-14-11(4)9(2)10(3)12(14)5;;;/h7,11,15-16H,6,8H2,1-5H3;2*1H;/q;;;+2/p-2. The van der Waals surface area contributed by atoms with Gasteiger partial charge < -0.3 is 10.4 Å². The molecule has 1 aliphatic rings.